The highest BCUT2D eigenvalue weighted by atomic mass is 32.1. The zero-order chi connectivity index (χ0) is 11.4. The van der Waals surface area contributed by atoms with E-state index in [9.17, 15) is 0 Å². The van der Waals surface area contributed by atoms with Crippen LogP contribution in [0.15, 0.2) is 0 Å². The van der Waals surface area contributed by atoms with Gasteiger partial charge < -0.3 is 13.3 Å². The highest BCUT2D eigenvalue weighted by molar-refractivity contribution is 7.94. The van der Waals surface area contributed by atoms with Crippen LogP contribution in [0.5, 0.6) is 0 Å². The second-order valence-electron chi connectivity index (χ2n) is 2.50. The molecule has 0 bridgehead atoms. The van der Waals surface area contributed by atoms with Crippen molar-refractivity contribution < 1.29 is 18.1 Å². The number of thiol groups is 1. The molecular formula is C8H20O4SSi. The second kappa shape index (κ2) is 11.2. The molecule has 14 heavy (non-hydrogen) atoms. The first-order valence-electron chi connectivity index (χ1n) is 4.39. The minimum atomic E-state index is -2.24. The van der Waals surface area contributed by atoms with Gasteiger partial charge >= 0.3 is 8.80 Å². The van der Waals surface area contributed by atoms with E-state index in [1.807, 2.05) is 0 Å². The van der Waals surface area contributed by atoms with Gasteiger partial charge in [0.05, 0.1) is 0 Å². The van der Waals surface area contributed by atoms with Crippen molar-refractivity contribution in [2.75, 3.05) is 21.3 Å². The van der Waals surface area contributed by atoms with E-state index in [0.717, 1.165) is 18.9 Å². The van der Waals surface area contributed by atoms with Crippen molar-refractivity contribution in [3.63, 3.8) is 0 Å². The summed E-state index contributed by atoms with van der Waals surface area (Å²) in [5.41, 5.74) is 0.444. The molecule has 0 radical (unpaired) electrons. The number of hydrogen-bond donors (Lipinski definition) is 1. The number of carbonyl (C=O) groups is 1. The monoisotopic (exact) mass is 240 g/mol. The van der Waals surface area contributed by atoms with Crippen LogP contribution in [0.2, 0.25) is 6.04 Å². The molecular weight excluding hydrogens is 220 g/mol. The van der Waals surface area contributed by atoms with Gasteiger partial charge in [-0.2, -0.15) is 0 Å². The van der Waals surface area contributed by atoms with E-state index < -0.39 is 8.80 Å². The molecule has 0 rings (SSSR count). The molecule has 0 aliphatic carbocycles. The zero-order valence-electron chi connectivity index (χ0n) is 9.28. The molecule has 0 saturated heterocycles. The van der Waals surface area contributed by atoms with E-state index in [-0.39, 0.29) is 0 Å². The molecule has 0 spiro atoms. The minimum absolute atomic E-state index is 0.444. The third-order valence-corrected chi connectivity index (χ3v) is 4.60. The lowest BCUT2D eigenvalue weighted by molar-refractivity contribution is 0.123. The Balaban J connectivity index is 0. The summed E-state index contributed by atoms with van der Waals surface area (Å²) in [5, 5.41) is 0. The topological polar surface area (TPSA) is 44.8 Å². The molecule has 0 saturated carbocycles. The van der Waals surface area contributed by atoms with Crippen LogP contribution in [0.3, 0.4) is 0 Å². The Morgan fingerprint density at radius 1 is 1.21 bits per heavy atom. The van der Waals surface area contributed by atoms with Gasteiger partial charge in [-0.05, 0) is 6.42 Å². The van der Waals surface area contributed by atoms with Crippen LogP contribution in [0, 0.1) is 0 Å². The molecule has 0 fully saturated rings. The number of rotatable bonds is 6. The number of hydrogen-bond acceptors (Lipinski definition) is 4. The molecule has 86 valence electrons. The normalized spacial score (nSPS) is 10.4. The molecule has 6 heteroatoms. The van der Waals surface area contributed by atoms with Crippen LogP contribution in [-0.4, -0.2) is 35.8 Å². The maximum absolute atomic E-state index is 8.67. The number of carbonyl (C=O) groups excluding carboxylic acids is 1. The zero-order valence-corrected chi connectivity index (χ0v) is 11.2. The predicted molar refractivity (Wildman–Crippen MR) is 62.2 cm³/mol. The van der Waals surface area contributed by atoms with Crippen molar-refractivity contribution in [1.29, 1.82) is 0 Å². The third-order valence-electron chi connectivity index (χ3n) is 1.77. The largest absolute Gasteiger partial charge is 0.500 e. The Kier molecular flexibility index (Phi) is 13.2. The van der Waals surface area contributed by atoms with Gasteiger partial charge in [0.1, 0.15) is 0 Å². The van der Waals surface area contributed by atoms with Crippen LogP contribution in [0.4, 0.5) is 0 Å². The summed E-state index contributed by atoms with van der Waals surface area (Å²) in [4.78, 5) is 8.67. The highest BCUT2D eigenvalue weighted by Crippen LogP contribution is 2.15. The quantitative estimate of drug-likeness (QED) is 0.436. The minimum Gasteiger partial charge on any atom is -0.377 e. The summed E-state index contributed by atoms with van der Waals surface area (Å²) in [5.74, 6) is 0. The van der Waals surface area contributed by atoms with Gasteiger partial charge in [0.25, 0.3) is 0 Å². The van der Waals surface area contributed by atoms with Crippen molar-refractivity contribution in [1.82, 2.24) is 0 Å². The van der Waals surface area contributed by atoms with Crippen molar-refractivity contribution >= 4 is 27.1 Å². The van der Waals surface area contributed by atoms with Gasteiger partial charge in [-0.1, -0.05) is 13.3 Å². The lowest BCUT2D eigenvalue weighted by Gasteiger charge is -2.23. The van der Waals surface area contributed by atoms with Gasteiger partial charge in [-0.15, -0.1) is 12.6 Å². The maximum atomic E-state index is 8.67. The lowest BCUT2D eigenvalue weighted by atomic mass is 10.4. The van der Waals surface area contributed by atoms with Gasteiger partial charge in [0.2, 0.25) is 0 Å². The van der Waals surface area contributed by atoms with Crippen LogP contribution in [-0.2, 0) is 18.1 Å². The molecule has 0 aliphatic heterocycles. The Labute approximate surface area is 92.7 Å². The van der Waals surface area contributed by atoms with E-state index in [0.29, 0.717) is 5.62 Å². The van der Waals surface area contributed by atoms with Crippen LogP contribution in [0.1, 0.15) is 19.8 Å². The van der Waals surface area contributed by atoms with E-state index in [1.54, 1.807) is 21.3 Å². The summed E-state index contributed by atoms with van der Waals surface area (Å²) in [6.07, 6.45) is 2.24. The Morgan fingerprint density at radius 2 is 1.57 bits per heavy atom. The fourth-order valence-electron chi connectivity index (χ4n) is 0.949. The van der Waals surface area contributed by atoms with E-state index in [1.165, 1.54) is 0 Å². The molecule has 0 aromatic heterocycles. The lowest BCUT2D eigenvalue weighted by Crippen LogP contribution is -2.42. The Bertz CT molecular complexity index is 122. The van der Waals surface area contributed by atoms with E-state index in [4.69, 9.17) is 18.1 Å². The molecule has 0 heterocycles. The first-order chi connectivity index (χ1) is 6.66. The number of unbranched alkanes of at least 4 members (excludes halogenated alkanes) is 1. The fourth-order valence-corrected chi connectivity index (χ4v) is 2.85. The van der Waals surface area contributed by atoms with E-state index in [2.05, 4.69) is 19.6 Å². The summed E-state index contributed by atoms with van der Waals surface area (Å²) in [6.45, 7) is 2.14. The first-order valence-corrected chi connectivity index (χ1v) is 6.84. The predicted octanol–water partition coefficient (Wildman–Crippen LogP) is 1.77. The Hall–Kier alpha value is 0.117. The van der Waals surface area contributed by atoms with Crippen molar-refractivity contribution in [2.45, 2.75) is 25.8 Å². The van der Waals surface area contributed by atoms with Gasteiger partial charge in [0, 0.05) is 27.4 Å². The second-order valence-corrected chi connectivity index (χ2v) is 5.81. The smallest absolute Gasteiger partial charge is 0.377 e. The van der Waals surface area contributed by atoms with Gasteiger partial charge in [0.15, 0.2) is 5.62 Å². The van der Waals surface area contributed by atoms with Crippen LogP contribution < -0.4 is 0 Å². The first kappa shape index (κ1) is 16.5. The summed E-state index contributed by atoms with van der Waals surface area (Å²) in [7, 11) is 2.70. The van der Waals surface area contributed by atoms with Crippen LogP contribution in [0.25, 0.3) is 0 Å². The van der Waals surface area contributed by atoms with Crippen molar-refractivity contribution in [3.05, 3.63) is 0 Å². The molecule has 0 atom stereocenters. The van der Waals surface area contributed by atoms with E-state index >= 15 is 0 Å². The fraction of sp³-hybridized carbons (Fsp3) is 0.875. The SMILES string of the molecule is CCCC[Si](OC)(OC)OC.O=CS. The average Bonchev–Trinajstić information content (AvgIpc) is 2.22. The molecule has 0 N–H and O–H groups in total. The van der Waals surface area contributed by atoms with Crippen LogP contribution >= 0.6 is 12.6 Å². The Morgan fingerprint density at radius 3 is 1.79 bits per heavy atom. The standard InChI is InChI=1S/C7H18O3Si.CH2OS/c1-5-6-7-11(8-2,9-3)10-4;2-1-3/h5-7H2,1-4H3;1H,(H,2,3). The maximum Gasteiger partial charge on any atom is 0.500 e. The summed E-state index contributed by atoms with van der Waals surface area (Å²) in [6, 6.07) is 0.910. The molecule has 0 aliphatic rings. The summed E-state index contributed by atoms with van der Waals surface area (Å²) < 4.78 is 15.7. The molecule has 0 unspecified atom stereocenters. The molecule has 0 amide bonds. The summed E-state index contributed by atoms with van der Waals surface area (Å²) >= 11 is 3.11. The van der Waals surface area contributed by atoms with Crippen molar-refractivity contribution in [3.8, 4) is 0 Å². The third kappa shape index (κ3) is 7.51. The van der Waals surface area contributed by atoms with Gasteiger partial charge in [-0.3, -0.25) is 4.79 Å². The highest BCUT2D eigenvalue weighted by Gasteiger charge is 2.36. The molecule has 4 nitrogen and oxygen atoms in total. The van der Waals surface area contributed by atoms with Gasteiger partial charge in [-0.25, -0.2) is 0 Å². The molecule has 0 aromatic carbocycles. The van der Waals surface area contributed by atoms with Crippen molar-refractivity contribution in [2.24, 2.45) is 0 Å². The average molecular weight is 240 g/mol. The molecule has 0 aromatic rings.